The topological polar surface area (TPSA) is 64.1 Å². The van der Waals surface area contributed by atoms with Crippen molar-refractivity contribution < 1.29 is 19.0 Å². The molecule has 0 radical (unpaired) electrons. The Morgan fingerprint density at radius 2 is 2.06 bits per heavy atom. The van der Waals surface area contributed by atoms with Crippen LogP contribution < -0.4 is 9.64 Å². The maximum Gasteiger partial charge on any atom is 0.410 e. The minimum atomic E-state index is -0.492. The number of pyridine rings is 1. The molecule has 0 spiro atoms. The molecule has 7 heteroatoms. The normalized spacial score (nSPS) is 22.1. The number of nitrogens with zero attached hydrogens (tertiary/aromatic N) is 3. The van der Waals surface area contributed by atoms with Gasteiger partial charge in [0.1, 0.15) is 18.0 Å². The molecular formula is C29H43N3O4. The van der Waals surface area contributed by atoms with Gasteiger partial charge in [0.15, 0.2) is 0 Å². The maximum absolute atomic E-state index is 12.5. The van der Waals surface area contributed by atoms with E-state index in [9.17, 15) is 4.79 Å². The van der Waals surface area contributed by atoms with Gasteiger partial charge >= 0.3 is 6.09 Å². The third kappa shape index (κ3) is 7.99. The van der Waals surface area contributed by atoms with Crippen LogP contribution in [0.4, 0.5) is 10.5 Å². The number of anilines is 1. The van der Waals surface area contributed by atoms with Crippen molar-refractivity contribution in [3.05, 3.63) is 42.3 Å². The zero-order valence-corrected chi connectivity index (χ0v) is 22.3. The van der Waals surface area contributed by atoms with Gasteiger partial charge in [0.2, 0.25) is 0 Å². The van der Waals surface area contributed by atoms with Gasteiger partial charge in [-0.15, -0.1) is 0 Å². The summed E-state index contributed by atoms with van der Waals surface area (Å²) in [5, 5.41) is 0. The van der Waals surface area contributed by atoms with Crippen LogP contribution in [0.5, 0.6) is 5.75 Å². The van der Waals surface area contributed by atoms with Crippen molar-refractivity contribution in [3.63, 3.8) is 0 Å². The van der Waals surface area contributed by atoms with E-state index in [1.807, 2.05) is 27.0 Å². The Labute approximate surface area is 216 Å². The third-order valence-electron chi connectivity index (χ3n) is 7.04. The highest BCUT2D eigenvalue weighted by Gasteiger charge is 2.32. The van der Waals surface area contributed by atoms with E-state index in [4.69, 9.17) is 14.2 Å². The highest BCUT2D eigenvalue weighted by atomic mass is 16.6. The Hall–Kier alpha value is -2.54. The van der Waals surface area contributed by atoms with Gasteiger partial charge in [-0.3, -0.25) is 4.98 Å². The number of hydrogen-bond acceptors (Lipinski definition) is 6. The molecule has 3 heterocycles. The highest BCUT2D eigenvalue weighted by Crippen LogP contribution is 2.29. The molecule has 0 N–H and O–H groups in total. The Bertz CT molecular complexity index is 923. The Morgan fingerprint density at radius 1 is 1.17 bits per heavy atom. The maximum atomic E-state index is 12.5. The molecular weight excluding hydrogens is 454 g/mol. The molecule has 2 fully saturated rings. The third-order valence-corrected chi connectivity index (χ3v) is 7.04. The molecule has 2 aliphatic heterocycles. The molecule has 7 nitrogen and oxygen atoms in total. The van der Waals surface area contributed by atoms with Crippen molar-refractivity contribution in [1.29, 1.82) is 0 Å². The van der Waals surface area contributed by atoms with Gasteiger partial charge in [0.25, 0.3) is 0 Å². The van der Waals surface area contributed by atoms with Gasteiger partial charge in [-0.25, -0.2) is 4.79 Å². The molecule has 1 aromatic rings. The smallest absolute Gasteiger partial charge is 0.410 e. The summed E-state index contributed by atoms with van der Waals surface area (Å²) < 4.78 is 17.6. The lowest BCUT2D eigenvalue weighted by molar-refractivity contribution is 0.0187. The highest BCUT2D eigenvalue weighted by molar-refractivity contribution is 5.69. The molecule has 4 rings (SSSR count). The monoisotopic (exact) mass is 497 g/mol. The summed E-state index contributed by atoms with van der Waals surface area (Å²) in [5.41, 5.74) is 1.93. The van der Waals surface area contributed by atoms with Crippen molar-refractivity contribution in [1.82, 2.24) is 9.88 Å². The van der Waals surface area contributed by atoms with E-state index in [0.29, 0.717) is 12.5 Å². The second-order valence-electron chi connectivity index (χ2n) is 11.2. The summed E-state index contributed by atoms with van der Waals surface area (Å²) in [4.78, 5) is 21.2. The van der Waals surface area contributed by atoms with Gasteiger partial charge < -0.3 is 24.0 Å². The minimum Gasteiger partial charge on any atom is -0.490 e. The Morgan fingerprint density at radius 3 is 2.86 bits per heavy atom. The molecule has 2 atom stereocenters. The van der Waals surface area contributed by atoms with Crippen molar-refractivity contribution in [2.24, 2.45) is 5.92 Å². The average molecular weight is 498 g/mol. The predicted molar refractivity (Wildman–Crippen MR) is 143 cm³/mol. The summed E-state index contributed by atoms with van der Waals surface area (Å²) in [6.07, 6.45) is 17.8. The number of ether oxygens (including phenoxy) is 3. The molecule has 0 saturated carbocycles. The standard InChI is InChI=1S/C29H43N3O4/c1-29(2,3)36-28(33)32-14-7-12-25(32)22-35-27-17-26(18-30-19-27)31-15-13-23(20-31)11-8-16-34-21-24-9-5-4-6-10-24/h5,9-10,17-19,23,25H,4,6-8,11-16,20-22H2,1-3H3. The first-order valence-electron chi connectivity index (χ1n) is 13.6. The second kappa shape index (κ2) is 12.6. The summed E-state index contributed by atoms with van der Waals surface area (Å²) in [5.74, 6) is 1.44. The number of likely N-dealkylation sites (tertiary alicyclic amines) is 1. The quantitative estimate of drug-likeness (QED) is 0.383. The van der Waals surface area contributed by atoms with E-state index in [-0.39, 0.29) is 12.1 Å². The number of carbonyl (C=O) groups is 1. The summed E-state index contributed by atoms with van der Waals surface area (Å²) in [6, 6.07) is 2.11. The number of hydrogen-bond donors (Lipinski definition) is 0. The number of carbonyl (C=O) groups excluding carboxylic acids is 1. The second-order valence-corrected chi connectivity index (χ2v) is 11.2. The lowest BCUT2D eigenvalue weighted by Crippen LogP contribution is -2.42. The van der Waals surface area contributed by atoms with Crippen molar-refractivity contribution in [3.8, 4) is 5.75 Å². The molecule has 0 bridgehead atoms. The molecule has 1 amide bonds. The summed E-state index contributed by atoms with van der Waals surface area (Å²) >= 11 is 0. The van der Waals surface area contributed by atoms with Gasteiger partial charge in [0, 0.05) is 32.3 Å². The average Bonchev–Trinajstić information content (AvgIpc) is 3.52. The first-order valence-corrected chi connectivity index (χ1v) is 13.6. The molecule has 3 aliphatic rings. The van der Waals surface area contributed by atoms with Crippen LogP contribution in [0.15, 0.2) is 42.3 Å². The minimum absolute atomic E-state index is 0.0346. The van der Waals surface area contributed by atoms with Crippen LogP contribution in [-0.4, -0.2) is 67.1 Å². The van der Waals surface area contributed by atoms with Gasteiger partial charge in [0.05, 0.1) is 30.7 Å². The SMILES string of the molecule is CC(C)(C)OC(=O)N1CCCC1COc1cncc(N2CCC(CCCOCC3=CCCC=C3)C2)c1. The van der Waals surface area contributed by atoms with Crippen LogP contribution in [0, 0.1) is 5.92 Å². The van der Waals surface area contributed by atoms with Crippen LogP contribution in [0.25, 0.3) is 0 Å². The van der Waals surface area contributed by atoms with Crippen molar-refractivity contribution in [2.45, 2.75) is 77.4 Å². The fraction of sp³-hybridized carbons (Fsp3) is 0.655. The van der Waals surface area contributed by atoms with E-state index >= 15 is 0 Å². The Kier molecular flexibility index (Phi) is 9.30. The fourth-order valence-corrected chi connectivity index (χ4v) is 5.16. The number of allylic oxidation sites excluding steroid dienone is 2. The largest absolute Gasteiger partial charge is 0.490 e. The van der Waals surface area contributed by atoms with Crippen molar-refractivity contribution in [2.75, 3.05) is 44.4 Å². The van der Waals surface area contributed by atoms with E-state index in [1.54, 1.807) is 11.1 Å². The predicted octanol–water partition coefficient (Wildman–Crippen LogP) is 5.76. The van der Waals surface area contributed by atoms with Gasteiger partial charge in [-0.1, -0.05) is 18.2 Å². The van der Waals surface area contributed by atoms with E-state index in [1.165, 1.54) is 18.4 Å². The van der Waals surface area contributed by atoms with E-state index < -0.39 is 5.60 Å². The zero-order valence-electron chi connectivity index (χ0n) is 22.3. The fourth-order valence-electron chi connectivity index (χ4n) is 5.16. The first-order chi connectivity index (χ1) is 17.4. The first kappa shape index (κ1) is 26.5. The van der Waals surface area contributed by atoms with Gasteiger partial charge in [-0.2, -0.15) is 0 Å². The molecule has 2 unspecified atom stereocenters. The van der Waals surface area contributed by atoms with Crippen LogP contribution in [0.3, 0.4) is 0 Å². The van der Waals surface area contributed by atoms with E-state index in [0.717, 1.165) is 76.4 Å². The number of rotatable bonds is 10. The molecule has 36 heavy (non-hydrogen) atoms. The van der Waals surface area contributed by atoms with Crippen LogP contribution in [-0.2, 0) is 9.47 Å². The molecule has 1 aromatic heterocycles. The van der Waals surface area contributed by atoms with E-state index in [2.05, 4.69) is 34.2 Å². The lowest BCUT2D eigenvalue weighted by Gasteiger charge is -2.28. The molecule has 0 aromatic carbocycles. The molecule has 198 valence electrons. The summed E-state index contributed by atoms with van der Waals surface area (Å²) in [7, 11) is 0. The zero-order chi connectivity index (χ0) is 25.4. The molecule has 2 saturated heterocycles. The van der Waals surface area contributed by atoms with Crippen LogP contribution in [0.1, 0.15) is 65.7 Å². The lowest BCUT2D eigenvalue weighted by atomic mass is 10.0. The van der Waals surface area contributed by atoms with Gasteiger partial charge in [-0.05, 0) is 77.2 Å². The van der Waals surface area contributed by atoms with Crippen LogP contribution >= 0.6 is 0 Å². The number of amides is 1. The van der Waals surface area contributed by atoms with Crippen LogP contribution in [0.2, 0.25) is 0 Å². The van der Waals surface area contributed by atoms with Crippen molar-refractivity contribution >= 4 is 11.8 Å². The Balaban J connectivity index is 1.18. The number of aromatic nitrogens is 1. The summed E-state index contributed by atoms with van der Waals surface area (Å²) in [6.45, 7) is 10.5. The molecule has 1 aliphatic carbocycles.